The number of fused-ring (bicyclic) bond motifs is 2. The van der Waals surface area contributed by atoms with E-state index in [2.05, 4.69) is 32.0 Å². The summed E-state index contributed by atoms with van der Waals surface area (Å²) in [5, 5.41) is 13.9. The maximum absolute atomic E-state index is 12.3. The van der Waals surface area contributed by atoms with E-state index in [-0.39, 0.29) is 5.41 Å². The molecular formula is C23H26N2O2S. The maximum Gasteiger partial charge on any atom is 0.337 e. The Bertz CT molecular complexity index is 1070. The Kier molecular flexibility index (Phi) is 4.78. The van der Waals surface area contributed by atoms with Crippen LogP contribution in [0.25, 0.3) is 21.2 Å². The Hall–Kier alpha value is -2.21. The topological polar surface area (TPSA) is 66.6 Å². The number of benzene rings is 2. The first kappa shape index (κ1) is 19.1. The van der Waals surface area contributed by atoms with Crippen molar-refractivity contribution < 1.29 is 9.90 Å². The number of rotatable bonds is 4. The van der Waals surface area contributed by atoms with Crippen molar-refractivity contribution in [3.05, 3.63) is 58.0 Å². The average molecular weight is 395 g/mol. The molecule has 3 aromatic rings. The molecule has 3 N–H and O–H groups in total. The van der Waals surface area contributed by atoms with Crippen molar-refractivity contribution in [2.45, 2.75) is 39.7 Å². The molecule has 146 valence electrons. The van der Waals surface area contributed by atoms with E-state index in [1.807, 2.05) is 25.2 Å². The van der Waals surface area contributed by atoms with Gasteiger partial charge < -0.3 is 5.11 Å². The normalized spacial score (nSPS) is 15.8. The number of nitrogens with zero attached hydrogens (tertiary/aromatic N) is 1. The van der Waals surface area contributed by atoms with Crippen molar-refractivity contribution in [2.75, 3.05) is 7.05 Å². The Balaban J connectivity index is 1.94. The van der Waals surface area contributed by atoms with Crippen molar-refractivity contribution in [2.24, 2.45) is 11.3 Å². The lowest BCUT2D eigenvalue weighted by molar-refractivity contribution is 0.0696. The molecule has 1 heterocycles. The third-order valence-corrected chi connectivity index (χ3v) is 6.99. The Morgan fingerprint density at radius 1 is 1.21 bits per heavy atom. The first-order chi connectivity index (χ1) is 13.3. The van der Waals surface area contributed by atoms with E-state index in [0.29, 0.717) is 12.1 Å². The van der Waals surface area contributed by atoms with Gasteiger partial charge in [0.25, 0.3) is 0 Å². The van der Waals surface area contributed by atoms with Crippen LogP contribution in [0.2, 0.25) is 0 Å². The van der Waals surface area contributed by atoms with Crippen LogP contribution in [0.3, 0.4) is 0 Å². The van der Waals surface area contributed by atoms with Crippen LogP contribution >= 0.6 is 11.3 Å². The van der Waals surface area contributed by atoms with Crippen LogP contribution in [0.4, 0.5) is 0 Å². The molecule has 1 aromatic heterocycles. The van der Waals surface area contributed by atoms with Gasteiger partial charge in [0.15, 0.2) is 0 Å². The molecule has 1 aliphatic carbocycles. The molecule has 0 bridgehead atoms. The molecule has 0 radical (unpaired) electrons. The first-order valence-electron chi connectivity index (χ1n) is 9.61. The third-order valence-electron chi connectivity index (χ3n) is 5.67. The molecule has 0 spiro atoms. The van der Waals surface area contributed by atoms with Crippen LogP contribution < -0.4 is 5.84 Å². The van der Waals surface area contributed by atoms with E-state index in [1.54, 1.807) is 16.3 Å². The number of aromatic carboxylic acids is 1. The van der Waals surface area contributed by atoms with Gasteiger partial charge >= 0.3 is 5.97 Å². The van der Waals surface area contributed by atoms with E-state index in [1.165, 1.54) is 4.88 Å². The van der Waals surface area contributed by atoms with E-state index in [0.717, 1.165) is 51.6 Å². The summed E-state index contributed by atoms with van der Waals surface area (Å²) in [6.07, 6.45) is 2.89. The molecule has 0 amide bonds. The zero-order valence-corrected chi connectivity index (χ0v) is 17.4. The standard InChI is InChI=1S/C23H26N2O2S/c1-23(2)11-10-19-18(12-23)20(22(26)27)21(28-19)17-9-5-7-15-14(13-25(3)24)6-4-8-16(15)17/h4-9H,10-13,24H2,1-3H3,(H,26,27). The Morgan fingerprint density at radius 3 is 2.64 bits per heavy atom. The fourth-order valence-corrected chi connectivity index (χ4v) is 5.66. The number of hydrazine groups is 1. The fourth-order valence-electron chi connectivity index (χ4n) is 4.32. The fraction of sp³-hybridized carbons (Fsp3) is 0.348. The highest BCUT2D eigenvalue weighted by Crippen LogP contribution is 2.46. The number of carboxylic acids is 1. The third kappa shape index (κ3) is 3.34. The summed E-state index contributed by atoms with van der Waals surface area (Å²) in [5.41, 5.74) is 3.84. The number of carbonyl (C=O) groups is 1. The maximum atomic E-state index is 12.3. The zero-order valence-electron chi connectivity index (χ0n) is 16.6. The number of carboxylic acid groups (broad SMARTS) is 1. The van der Waals surface area contributed by atoms with Gasteiger partial charge in [-0.3, -0.25) is 5.84 Å². The number of hydrogen-bond acceptors (Lipinski definition) is 4. The van der Waals surface area contributed by atoms with Gasteiger partial charge in [0.1, 0.15) is 0 Å². The summed E-state index contributed by atoms with van der Waals surface area (Å²) in [7, 11) is 1.85. The lowest BCUT2D eigenvalue weighted by Crippen LogP contribution is -2.25. The van der Waals surface area contributed by atoms with Gasteiger partial charge in [-0.15, -0.1) is 11.3 Å². The predicted octanol–water partition coefficient (Wildman–Crippen LogP) is 5.09. The lowest BCUT2D eigenvalue weighted by atomic mass is 9.76. The van der Waals surface area contributed by atoms with Crippen LogP contribution in [0, 0.1) is 5.41 Å². The second-order valence-electron chi connectivity index (χ2n) is 8.59. The minimum atomic E-state index is -0.819. The van der Waals surface area contributed by atoms with Gasteiger partial charge in [-0.1, -0.05) is 50.2 Å². The summed E-state index contributed by atoms with van der Waals surface area (Å²) < 4.78 is 0. The quantitative estimate of drug-likeness (QED) is 0.478. The van der Waals surface area contributed by atoms with Gasteiger partial charge in [-0.05, 0) is 46.6 Å². The second-order valence-corrected chi connectivity index (χ2v) is 9.69. The lowest BCUT2D eigenvalue weighted by Gasteiger charge is -2.29. The summed E-state index contributed by atoms with van der Waals surface area (Å²) in [4.78, 5) is 14.4. The van der Waals surface area contributed by atoms with E-state index >= 15 is 0 Å². The van der Waals surface area contributed by atoms with E-state index < -0.39 is 5.97 Å². The van der Waals surface area contributed by atoms with Crippen LogP contribution in [0.15, 0.2) is 36.4 Å². The molecule has 28 heavy (non-hydrogen) atoms. The summed E-state index contributed by atoms with van der Waals surface area (Å²) in [6, 6.07) is 12.4. The first-order valence-corrected chi connectivity index (χ1v) is 10.4. The van der Waals surface area contributed by atoms with Crippen molar-refractivity contribution >= 4 is 28.1 Å². The summed E-state index contributed by atoms with van der Waals surface area (Å²) >= 11 is 1.66. The number of nitrogens with two attached hydrogens (primary N) is 1. The van der Waals surface area contributed by atoms with Crippen LogP contribution in [0.5, 0.6) is 0 Å². The molecule has 4 nitrogen and oxygen atoms in total. The monoisotopic (exact) mass is 394 g/mol. The van der Waals surface area contributed by atoms with Gasteiger partial charge in [0.05, 0.1) is 5.56 Å². The smallest absolute Gasteiger partial charge is 0.337 e. The average Bonchev–Trinajstić information content (AvgIpc) is 2.98. The molecule has 2 aromatic carbocycles. The molecule has 0 saturated heterocycles. The molecule has 1 aliphatic rings. The predicted molar refractivity (Wildman–Crippen MR) is 116 cm³/mol. The molecule has 0 saturated carbocycles. The molecule has 5 heteroatoms. The van der Waals surface area contributed by atoms with Crippen molar-refractivity contribution in [3.8, 4) is 10.4 Å². The molecular weight excluding hydrogens is 368 g/mol. The highest BCUT2D eigenvalue weighted by Gasteiger charge is 2.33. The van der Waals surface area contributed by atoms with Crippen LogP contribution in [-0.4, -0.2) is 23.1 Å². The molecule has 0 atom stereocenters. The largest absolute Gasteiger partial charge is 0.478 e. The van der Waals surface area contributed by atoms with Gasteiger partial charge in [0, 0.05) is 28.9 Å². The highest BCUT2D eigenvalue weighted by atomic mass is 32.1. The minimum absolute atomic E-state index is 0.146. The number of hydrogen-bond donors (Lipinski definition) is 2. The van der Waals surface area contributed by atoms with Crippen molar-refractivity contribution in [1.29, 1.82) is 0 Å². The van der Waals surface area contributed by atoms with Gasteiger partial charge in [0.2, 0.25) is 0 Å². The molecule has 0 unspecified atom stereocenters. The number of thiophene rings is 1. The molecule has 4 rings (SSSR count). The highest BCUT2D eigenvalue weighted by molar-refractivity contribution is 7.16. The van der Waals surface area contributed by atoms with E-state index in [4.69, 9.17) is 5.84 Å². The van der Waals surface area contributed by atoms with Gasteiger partial charge in [-0.25, -0.2) is 9.80 Å². The number of aryl methyl sites for hydroxylation is 1. The minimum Gasteiger partial charge on any atom is -0.478 e. The Labute approximate surface area is 169 Å². The zero-order chi connectivity index (χ0) is 20.1. The molecule has 0 aliphatic heterocycles. The van der Waals surface area contributed by atoms with Crippen molar-refractivity contribution in [3.63, 3.8) is 0 Å². The van der Waals surface area contributed by atoms with Crippen LogP contribution in [0.1, 0.15) is 46.6 Å². The molecule has 0 fully saturated rings. The van der Waals surface area contributed by atoms with Gasteiger partial charge in [-0.2, -0.15) is 0 Å². The Morgan fingerprint density at radius 2 is 1.93 bits per heavy atom. The SMILES string of the molecule is CN(N)Cc1cccc2c(-c3sc4c(c3C(=O)O)CC(C)(C)CC4)cccc12. The second kappa shape index (κ2) is 6.99. The summed E-state index contributed by atoms with van der Waals surface area (Å²) in [6.45, 7) is 5.10. The van der Waals surface area contributed by atoms with Crippen molar-refractivity contribution in [1.82, 2.24) is 5.01 Å². The summed E-state index contributed by atoms with van der Waals surface area (Å²) in [5.74, 6) is 5.06. The van der Waals surface area contributed by atoms with Crippen LogP contribution in [-0.2, 0) is 19.4 Å². The van der Waals surface area contributed by atoms with E-state index in [9.17, 15) is 9.90 Å².